The molecule has 7 nitrogen and oxygen atoms in total. The predicted molar refractivity (Wildman–Crippen MR) is 95.7 cm³/mol. The molecule has 0 atom stereocenters. The Morgan fingerprint density at radius 3 is 2.52 bits per heavy atom. The minimum Gasteiger partial charge on any atom is -0.335 e. The smallest absolute Gasteiger partial charge is 0.331 e. The molecule has 1 aromatic rings. The van der Waals surface area contributed by atoms with Crippen molar-refractivity contribution in [1.82, 2.24) is 10.2 Å². The van der Waals surface area contributed by atoms with Crippen molar-refractivity contribution in [3.8, 4) is 0 Å². The first kappa shape index (κ1) is 17.3. The van der Waals surface area contributed by atoms with Gasteiger partial charge in [0.25, 0.3) is 0 Å². The Bertz CT molecular complexity index is 698. The molecule has 2 fully saturated rings. The maximum absolute atomic E-state index is 12.4. The quantitative estimate of drug-likeness (QED) is 0.884. The number of anilines is 2. The zero-order valence-corrected chi connectivity index (χ0v) is 14.7. The van der Waals surface area contributed by atoms with Gasteiger partial charge in [0.05, 0.1) is 5.69 Å². The first-order valence-electron chi connectivity index (χ1n) is 8.74. The van der Waals surface area contributed by atoms with Crippen molar-refractivity contribution in [3.05, 3.63) is 23.8 Å². The number of carbonyl (C=O) groups excluding carboxylic acids is 3. The lowest BCUT2D eigenvalue weighted by atomic mass is 10.1. The van der Waals surface area contributed by atoms with E-state index in [0.29, 0.717) is 24.5 Å². The third-order valence-corrected chi connectivity index (χ3v) is 4.92. The Balaban J connectivity index is 1.73. The zero-order chi connectivity index (χ0) is 18.0. The molecule has 7 heteroatoms. The number of nitrogens with one attached hydrogen (secondary N) is 2. The van der Waals surface area contributed by atoms with Crippen LogP contribution in [0.15, 0.2) is 18.2 Å². The summed E-state index contributed by atoms with van der Waals surface area (Å²) in [5, 5.41) is 5.87. The van der Waals surface area contributed by atoms with Crippen molar-refractivity contribution in [3.63, 3.8) is 0 Å². The Labute approximate surface area is 147 Å². The van der Waals surface area contributed by atoms with E-state index >= 15 is 0 Å². The highest BCUT2D eigenvalue weighted by atomic mass is 16.2. The lowest BCUT2D eigenvalue weighted by molar-refractivity contribution is -0.125. The van der Waals surface area contributed by atoms with Crippen LogP contribution in [0.4, 0.5) is 21.0 Å². The van der Waals surface area contributed by atoms with Crippen LogP contribution in [-0.4, -0.2) is 42.0 Å². The molecule has 25 heavy (non-hydrogen) atoms. The molecular formula is C18H24N4O3. The summed E-state index contributed by atoms with van der Waals surface area (Å²) >= 11 is 0. The fraction of sp³-hybridized carbons (Fsp3) is 0.500. The van der Waals surface area contributed by atoms with Gasteiger partial charge in [0.2, 0.25) is 5.91 Å². The maximum atomic E-state index is 12.4. The van der Waals surface area contributed by atoms with Crippen LogP contribution < -0.4 is 15.5 Å². The van der Waals surface area contributed by atoms with Crippen molar-refractivity contribution in [2.24, 2.45) is 0 Å². The Morgan fingerprint density at radius 1 is 1.16 bits per heavy atom. The number of benzene rings is 1. The molecule has 1 saturated carbocycles. The van der Waals surface area contributed by atoms with Crippen molar-refractivity contribution in [2.45, 2.75) is 45.6 Å². The van der Waals surface area contributed by atoms with Gasteiger partial charge in [-0.3, -0.25) is 14.6 Å². The van der Waals surface area contributed by atoms with Crippen LogP contribution in [0.2, 0.25) is 0 Å². The topological polar surface area (TPSA) is 81.8 Å². The van der Waals surface area contributed by atoms with Gasteiger partial charge in [-0.2, -0.15) is 0 Å². The highest BCUT2D eigenvalue weighted by Gasteiger charge is 2.33. The SMILES string of the molecule is CC(=O)N1CCN(c2cccc(NC(=O)NC3CCCC3)c2C)C1=O. The molecule has 134 valence electrons. The maximum Gasteiger partial charge on any atom is 0.331 e. The number of carbonyl (C=O) groups is 3. The number of nitrogens with zero attached hydrogens (tertiary/aromatic N) is 2. The van der Waals surface area contributed by atoms with E-state index in [2.05, 4.69) is 10.6 Å². The van der Waals surface area contributed by atoms with Gasteiger partial charge >= 0.3 is 12.1 Å². The number of amides is 5. The minimum atomic E-state index is -0.317. The van der Waals surface area contributed by atoms with Gasteiger partial charge in [-0.15, -0.1) is 0 Å². The third-order valence-electron chi connectivity index (χ3n) is 4.92. The molecule has 0 spiro atoms. The first-order chi connectivity index (χ1) is 12.0. The van der Waals surface area contributed by atoms with Crippen molar-refractivity contribution in [2.75, 3.05) is 23.3 Å². The second-order valence-electron chi connectivity index (χ2n) is 6.63. The van der Waals surface area contributed by atoms with Crippen molar-refractivity contribution < 1.29 is 14.4 Å². The van der Waals surface area contributed by atoms with Crippen LogP contribution >= 0.6 is 0 Å². The van der Waals surface area contributed by atoms with E-state index in [-0.39, 0.29) is 24.0 Å². The third kappa shape index (κ3) is 3.60. The van der Waals surface area contributed by atoms with E-state index in [9.17, 15) is 14.4 Å². The normalized spacial score (nSPS) is 17.9. The van der Waals surface area contributed by atoms with E-state index in [1.807, 2.05) is 19.1 Å². The van der Waals surface area contributed by atoms with Gasteiger partial charge in [-0.05, 0) is 37.5 Å². The summed E-state index contributed by atoms with van der Waals surface area (Å²) in [4.78, 5) is 38.9. The van der Waals surface area contributed by atoms with Crippen LogP contribution in [0, 0.1) is 6.92 Å². The van der Waals surface area contributed by atoms with E-state index in [4.69, 9.17) is 0 Å². The van der Waals surface area contributed by atoms with Gasteiger partial charge < -0.3 is 10.6 Å². The van der Waals surface area contributed by atoms with E-state index in [0.717, 1.165) is 31.2 Å². The zero-order valence-electron chi connectivity index (χ0n) is 14.7. The minimum absolute atomic E-state index is 0.217. The molecule has 3 rings (SSSR count). The Kier molecular flexibility index (Phi) is 4.92. The fourth-order valence-corrected chi connectivity index (χ4v) is 3.52. The summed E-state index contributed by atoms with van der Waals surface area (Å²) in [5.41, 5.74) is 2.19. The predicted octanol–water partition coefficient (Wildman–Crippen LogP) is 2.85. The Morgan fingerprint density at radius 2 is 1.88 bits per heavy atom. The second-order valence-corrected chi connectivity index (χ2v) is 6.63. The molecular weight excluding hydrogens is 320 g/mol. The van der Waals surface area contributed by atoms with E-state index in [1.165, 1.54) is 11.8 Å². The summed E-state index contributed by atoms with van der Waals surface area (Å²) in [6.07, 6.45) is 4.36. The van der Waals surface area contributed by atoms with E-state index in [1.54, 1.807) is 11.0 Å². The molecule has 0 bridgehead atoms. The van der Waals surface area contributed by atoms with Crippen molar-refractivity contribution >= 4 is 29.3 Å². The van der Waals surface area contributed by atoms with Gasteiger partial charge in [0.15, 0.2) is 0 Å². The molecule has 0 unspecified atom stereocenters. The molecule has 1 aliphatic heterocycles. The summed E-state index contributed by atoms with van der Waals surface area (Å²) in [7, 11) is 0. The molecule has 1 heterocycles. The standard InChI is InChI=1S/C18H24N4O3/c1-12-15(20-17(24)19-14-6-3-4-7-14)8-5-9-16(12)22-11-10-21(13(2)23)18(22)25/h5,8-9,14H,3-4,6-7,10-11H2,1-2H3,(H2,19,20,24). The van der Waals surface area contributed by atoms with Crippen LogP contribution in [0.1, 0.15) is 38.2 Å². The second kappa shape index (κ2) is 7.13. The highest BCUT2D eigenvalue weighted by molar-refractivity contribution is 6.05. The summed E-state index contributed by atoms with van der Waals surface area (Å²) < 4.78 is 0. The molecule has 0 aromatic heterocycles. The molecule has 5 amide bonds. The largest absolute Gasteiger partial charge is 0.335 e. The molecule has 1 aromatic carbocycles. The number of urea groups is 2. The average molecular weight is 344 g/mol. The molecule has 1 saturated heterocycles. The molecule has 0 radical (unpaired) electrons. The molecule has 1 aliphatic carbocycles. The van der Waals surface area contributed by atoms with Crippen LogP contribution in [-0.2, 0) is 4.79 Å². The van der Waals surface area contributed by atoms with Crippen LogP contribution in [0.3, 0.4) is 0 Å². The number of hydrogen-bond donors (Lipinski definition) is 2. The number of hydrogen-bond acceptors (Lipinski definition) is 3. The lowest BCUT2D eigenvalue weighted by Gasteiger charge is -2.21. The van der Waals surface area contributed by atoms with Gasteiger partial charge in [-0.1, -0.05) is 18.9 Å². The van der Waals surface area contributed by atoms with Gasteiger partial charge in [-0.25, -0.2) is 9.59 Å². The van der Waals surface area contributed by atoms with E-state index < -0.39 is 0 Å². The number of imide groups is 1. The fourth-order valence-electron chi connectivity index (χ4n) is 3.52. The lowest BCUT2D eigenvalue weighted by Crippen LogP contribution is -2.36. The molecule has 2 N–H and O–H groups in total. The van der Waals surface area contributed by atoms with Gasteiger partial charge in [0, 0.05) is 31.7 Å². The number of rotatable bonds is 3. The first-order valence-corrected chi connectivity index (χ1v) is 8.74. The molecule has 2 aliphatic rings. The Hall–Kier alpha value is -2.57. The summed E-state index contributed by atoms with van der Waals surface area (Å²) in [6.45, 7) is 4.09. The summed E-state index contributed by atoms with van der Waals surface area (Å²) in [5.74, 6) is -0.254. The van der Waals surface area contributed by atoms with Gasteiger partial charge in [0.1, 0.15) is 0 Å². The highest BCUT2D eigenvalue weighted by Crippen LogP contribution is 2.29. The summed E-state index contributed by atoms with van der Waals surface area (Å²) in [6, 6.07) is 5.16. The van der Waals surface area contributed by atoms with Crippen LogP contribution in [0.25, 0.3) is 0 Å². The van der Waals surface area contributed by atoms with Crippen LogP contribution in [0.5, 0.6) is 0 Å². The monoisotopic (exact) mass is 344 g/mol. The van der Waals surface area contributed by atoms with Crippen molar-refractivity contribution in [1.29, 1.82) is 0 Å². The average Bonchev–Trinajstić information content (AvgIpc) is 3.19.